The van der Waals surface area contributed by atoms with E-state index in [4.69, 9.17) is 11.6 Å². The van der Waals surface area contributed by atoms with Crippen molar-refractivity contribution in [3.8, 4) is 0 Å². The average molecular weight is 294 g/mol. The quantitative estimate of drug-likeness (QED) is 0.848. The van der Waals surface area contributed by atoms with Crippen LogP contribution in [0.1, 0.15) is 24.2 Å². The second-order valence-electron chi connectivity index (χ2n) is 5.76. The summed E-state index contributed by atoms with van der Waals surface area (Å²) in [6.45, 7) is 3.73. The number of hydrogen-bond donors (Lipinski definition) is 1. The molecule has 1 aliphatic heterocycles. The van der Waals surface area contributed by atoms with E-state index in [2.05, 4.69) is 0 Å². The third kappa shape index (κ3) is 1.53. The molecule has 6 heteroatoms. The Balaban J connectivity index is 2.08. The van der Waals surface area contributed by atoms with Crippen LogP contribution in [-0.4, -0.2) is 22.9 Å². The molecular formula is C14H12ClNO4. The van der Waals surface area contributed by atoms with Gasteiger partial charge < -0.3 is 5.11 Å². The van der Waals surface area contributed by atoms with E-state index < -0.39 is 5.97 Å². The Kier molecular flexibility index (Phi) is 2.51. The molecule has 1 aromatic rings. The molecule has 2 aliphatic rings. The number of carbonyl (C=O) groups is 3. The number of halogens is 1. The molecule has 0 bridgehead atoms. The molecule has 1 heterocycles. The first kappa shape index (κ1) is 13.1. The van der Waals surface area contributed by atoms with Gasteiger partial charge in [-0.25, -0.2) is 9.69 Å². The number of carbonyl (C=O) groups excluding carboxylic acids is 2. The van der Waals surface area contributed by atoms with Gasteiger partial charge in [0.1, 0.15) is 0 Å². The molecule has 0 aromatic heterocycles. The molecule has 2 amide bonds. The lowest BCUT2D eigenvalue weighted by atomic mass is 10.0. The number of hydrogen-bond acceptors (Lipinski definition) is 3. The van der Waals surface area contributed by atoms with Gasteiger partial charge in [0.15, 0.2) is 0 Å². The molecule has 1 aliphatic carbocycles. The first-order chi connectivity index (χ1) is 9.26. The summed E-state index contributed by atoms with van der Waals surface area (Å²) < 4.78 is 0. The maximum Gasteiger partial charge on any atom is 0.337 e. The van der Waals surface area contributed by atoms with Gasteiger partial charge >= 0.3 is 5.97 Å². The Morgan fingerprint density at radius 1 is 1.25 bits per heavy atom. The number of anilines is 1. The zero-order valence-corrected chi connectivity index (χ0v) is 11.6. The maximum atomic E-state index is 12.3. The van der Waals surface area contributed by atoms with Crippen LogP contribution in [0.3, 0.4) is 0 Å². The van der Waals surface area contributed by atoms with Crippen LogP contribution in [0.2, 0.25) is 5.02 Å². The van der Waals surface area contributed by atoms with Gasteiger partial charge in [0.2, 0.25) is 11.8 Å². The molecule has 104 valence electrons. The Hall–Kier alpha value is -1.88. The van der Waals surface area contributed by atoms with Gasteiger partial charge in [-0.3, -0.25) is 9.59 Å². The molecule has 2 unspecified atom stereocenters. The minimum absolute atomic E-state index is 0.0583. The fourth-order valence-corrected chi connectivity index (χ4v) is 3.22. The van der Waals surface area contributed by atoms with E-state index in [0.717, 1.165) is 4.90 Å². The van der Waals surface area contributed by atoms with Gasteiger partial charge in [0, 0.05) is 5.02 Å². The Bertz CT molecular complexity index is 643. The van der Waals surface area contributed by atoms with Gasteiger partial charge in [-0.1, -0.05) is 25.4 Å². The van der Waals surface area contributed by atoms with E-state index in [0.29, 0.717) is 0 Å². The van der Waals surface area contributed by atoms with E-state index in [9.17, 15) is 19.5 Å². The van der Waals surface area contributed by atoms with E-state index in [1.165, 1.54) is 18.2 Å². The molecular weight excluding hydrogens is 282 g/mol. The second-order valence-corrected chi connectivity index (χ2v) is 6.19. The SMILES string of the molecule is CC1(C)C2C(=O)N(c3cc(Cl)ccc3C(=O)O)C(=O)C21. The highest BCUT2D eigenvalue weighted by molar-refractivity contribution is 6.32. The Morgan fingerprint density at radius 2 is 1.80 bits per heavy atom. The molecule has 1 N–H and O–H groups in total. The minimum atomic E-state index is -1.20. The lowest BCUT2D eigenvalue weighted by Gasteiger charge is -2.22. The number of carboxylic acids is 1. The normalized spacial score (nSPS) is 26.6. The summed E-state index contributed by atoms with van der Waals surface area (Å²) in [6.07, 6.45) is 0. The van der Waals surface area contributed by atoms with Crippen molar-refractivity contribution in [2.75, 3.05) is 4.90 Å². The zero-order valence-electron chi connectivity index (χ0n) is 10.9. The van der Waals surface area contributed by atoms with Crippen LogP contribution in [0.5, 0.6) is 0 Å². The summed E-state index contributed by atoms with van der Waals surface area (Å²) >= 11 is 5.86. The summed E-state index contributed by atoms with van der Waals surface area (Å²) in [5, 5.41) is 9.46. The number of benzene rings is 1. The molecule has 1 saturated heterocycles. The van der Waals surface area contributed by atoms with Crippen LogP contribution >= 0.6 is 11.6 Å². The fraction of sp³-hybridized carbons (Fsp3) is 0.357. The number of rotatable bonds is 2. The van der Waals surface area contributed by atoms with Gasteiger partial charge in [0.25, 0.3) is 0 Å². The third-order valence-corrected chi connectivity index (χ3v) is 4.47. The van der Waals surface area contributed by atoms with Gasteiger partial charge in [-0.15, -0.1) is 0 Å². The predicted molar refractivity (Wildman–Crippen MR) is 71.7 cm³/mol. The lowest BCUT2D eigenvalue weighted by Crippen LogP contribution is -2.37. The lowest BCUT2D eigenvalue weighted by molar-refractivity contribution is -0.125. The molecule has 0 spiro atoms. The van der Waals surface area contributed by atoms with Gasteiger partial charge in [-0.05, 0) is 23.6 Å². The number of piperidine rings is 1. The summed E-state index contributed by atoms with van der Waals surface area (Å²) in [5.41, 5.74) is -0.370. The van der Waals surface area contributed by atoms with Gasteiger partial charge in [0.05, 0.1) is 23.1 Å². The van der Waals surface area contributed by atoms with Crippen molar-refractivity contribution < 1.29 is 19.5 Å². The molecule has 5 nitrogen and oxygen atoms in total. The highest BCUT2D eigenvalue weighted by Gasteiger charge is 2.72. The maximum absolute atomic E-state index is 12.3. The summed E-state index contributed by atoms with van der Waals surface area (Å²) in [6, 6.07) is 4.07. The largest absolute Gasteiger partial charge is 0.478 e. The van der Waals surface area contributed by atoms with E-state index in [1.807, 2.05) is 13.8 Å². The van der Waals surface area contributed by atoms with Crippen LogP contribution in [0, 0.1) is 17.3 Å². The van der Waals surface area contributed by atoms with Gasteiger partial charge in [-0.2, -0.15) is 0 Å². The van der Waals surface area contributed by atoms with E-state index in [-0.39, 0.29) is 45.3 Å². The van der Waals surface area contributed by atoms with Crippen molar-refractivity contribution >= 4 is 35.1 Å². The molecule has 1 aromatic carbocycles. The van der Waals surface area contributed by atoms with Crippen molar-refractivity contribution in [3.05, 3.63) is 28.8 Å². The Morgan fingerprint density at radius 3 is 2.30 bits per heavy atom. The van der Waals surface area contributed by atoms with Crippen LogP contribution < -0.4 is 4.90 Å². The van der Waals surface area contributed by atoms with Crippen molar-refractivity contribution in [1.29, 1.82) is 0 Å². The molecule has 2 atom stereocenters. The van der Waals surface area contributed by atoms with Crippen LogP contribution in [0.25, 0.3) is 0 Å². The first-order valence-corrected chi connectivity index (χ1v) is 6.55. The zero-order chi connectivity index (χ0) is 14.8. The number of carboxylic acid groups (broad SMARTS) is 1. The molecule has 20 heavy (non-hydrogen) atoms. The Labute approximate surface area is 120 Å². The van der Waals surface area contributed by atoms with Crippen molar-refractivity contribution in [2.24, 2.45) is 17.3 Å². The highest BCUT2D eigenvalue weighted by atomic mass is 35.5. The molecule has 3 rings (SSSR count). The van der Waals surface area contributed by atoms with Crippen LogP contribution in [0.15, 0.2) is 18.2 Å². The molecule has 1 saturated carbocycles. The number of amides is 2. The molecule has 2 fully saturated rings. The number of imide groups is 1. The van der Waals surface area contributed by atoms with Crippen molar-refractivity contribution in [2.45, 2.75) is 13.8 Å². The summed E-state index contributed by atoms with van der Waals surface area (Å²) in [4.78, 5) is 36.9. The molecule has 0 radical (unpaired) electrons. The van der Waals surface area contributed by atoms with Crippen LogP contribution in [0.4, 0.5) is 5.69 Å². The highest BCUT2D eigenvalue weighted by Crippen LogP contribution is 2.63. The van der Waals surface area contributed by atoms with Crippen molar-refractivity contribution in [1.82, 2.24) is 0 Å². The topological polar surface area (TPSA) is 74.7 Å². The van der Waals surface area contributed by atoms with E-state index in [1.54, 1.807) is 0 Å². The summed E-state index contributed by atoms with van der Waals surface area (Å²) in [5.74, 6) is -2.58. The smallest absolute Gasteiger partial charge is 0.337 e. The first-order valence-electron chi connectivity index (χ1n) is 6.17. The second kappa shape index (κ2) is 3.82. The predicted octanol–water partition coefficient (Wildman–Crippen LogP) is 2.18. The third-order valence-electron chi connectivity index (χ3n) is 4.23. The fourth-order valence-electron chi connectivity index (χ4n) is 3.05. The average Bonchev–Trinajstić information content (AvgIpc) is 2.79. The number of aromatic carboxylic acids is 1. The minimum Gasteiger partial charge on any atom is -0.478 e. The van der Waals surface area contributed by atoms with E-state index >= 15 is 0 Å². The van der Waals surface area contributed by atoms with Crippen LogP contribution in [-0.2, 0) is 9.59 Å². The standard InChI is InChI=1S/C14H12ClNO4/c1-14(2)9-10(14)12(18)16(11(9)17)8-5-6(15)3-4-7(8)13(19)20/h3-5,9-10H,1-2H3,(H,19,20). The summed E-state index contributed by atoms with van der Waals surface area (Å²) in [7, 11) is 0. The number of fused-ring (bicyclic) bond motifs is 1. The monoisotopic (exact) mass is 293 g/mol. The number of nitrogens with zero attached hydrogens (tertiary/aromatic N) is 1. The van der Waals surface area contributed by atoms with Crippen molar-refractivity contribution in [3.63, 3.8) is 0 Å².